The van der Waals surface area contributed by atoms with Gasteiger partial charge in [-0.05, 0) is 77.0 Å². The molecule has 3 unspecified atom stereocenters. The highest BCUT2D eigenvalue weighted by Gasteiger charge is 2.24. The van der Waals surface area contributed by atoms with Crippen molar-refractivity contribution in [3.63, 3.8) is 0 Å². The highest BCUT2D eigenvalue weighted by atomic mass is 16.5. The topological polar surface area (TPSA) is 95.9 Å². The maximum absolute atomic E-state index is 13.1. The Morgan fingerprint density at radius 1 is 0.556 bits per heavy atom. The molecule has 6 heteroatoms. The highest BCUT2D eigenvalue weighted by Crippen LogP contribution is 2.16. The summed E-state index contributed by atoms with van der Waals surface area (Å²) < 4.78 is 5.87. The van der Waals surface area contributed by atoms with Crippen LogP contribution in [0.4, 0.5) is 0 Å². The smallest absolute Gasteiger partial charge is 0.306 e. The van der Waals surface area contributed by atoms with Crippen molar-refractivity contribution < 1.29 is 24.5 Å². The molecule has 6 nitrogen and oxygen atoms in total. The lowest BCUT2D eigenvalue weighted by molar-refractivity contribution is -0.151. The normalized spacial score (nSPS) is 13.8. The van der Waals surface area contributed by atoms with Crippen molar-refractivity contribution in [2.24, 2.45) is 0 Å². The van der Waals surface area contributed by atoms with Crippen molar-refractivity contribution in [3.8, 4) is 0 Å². The molecule has 0 bridgehead atoms. The molecular formula is C48H87NO5. The van der Waals surface area contributed by atoms with E-state index in [4.69, 9.17) is 4.74 Å². The van der Waals surface area contributed by atoms with Gasteiger partial charge in [0.25, 0.3) is 0 Å². The highest BCUT2D eigenvalue weighted by molar-refractivity contribution is 5.77. The first-order valence-corrected chi connectivity index (χ1v) is 22.9. The first-order valence-electron chi connectivity index (χ1n) is 22.9. The van der Waals surface area contributed by atoms with Crippen molar-refractivity contribution >= 4 is 11.9 Å². The molecule has 0 aliphatic carbocycles. The largest absolute Gasteiger partial charge is 0.462 e. The van der Waals surface area contributed by atoms with Gasteiger partial charge in [0, 0.05) is 6.42 Å². The number of rotatable bonds is 40. The van der Waals surface area contributed by atoms with Crippen molar-refractivity contribution in [1.82, 2.24) is 5.32 Å². The van der Waals surface area contributed by atoms with Gasteiger partial charge in [-0.2, -0.15) is 0 Å². The summed E-state index contributed by atoms with van der Waals surface area (Å²) >= 11 is 0. The van der Waals surface area contributed by atoms with E-state index in [1.54, 1.807) is 0 Å². The van der Waals surface area contributed by atoms with Crippen LogP contribution in [0.25, 0.3) is 0 Å². The van der Waals surface area contributed by atoms with Crippen LogP contribution < -0.4 is 5.32 Å². The second-order valence-electron chi connectivity index (χ2n) is 15.4. The Hall–Kier alpha value is -2.18. The van der Waals surface area contributed by atoms with Crippen molar-refractivity contribution in [3.05, 3.63) is 48.6 Å². The fourth-order valence-electron chi connectivity index (χ4n) is 6.68. The minimum atomic E-state index is -0.795. The second kappa shape index (κ2) is 42.0. The summed E-state index contributed by atoms with van der Waals surface area (Å²) in [7, 11) is 0. The van der Waals surface area contributed by atoms with Crippen LogP contribution in [0.1, 0.15) is 220 Å². The van der Waals surface area contributed by atoms with Crippen molar-refractivity contribution in [2.75, 3.05) is 6.61 Å². The third kappa shape index (κ3) is 36.8. The number of carbonyl (C=O) groups excluding carboxylic acids is 2. The maximum Gasteiger partial charge on any atom is 0.306 e. The molecule has 0 aromatic heterocycles. The average Bonchev–Trinajstić information content (AvgIpc) is 3.16. The zero-order valence-electron chi connectivity index (χ0n) is 35.6. The van der Waals surface area contributed by atoms with E-state index in [0.717, 1.165) is 89.9 Å². The van der Waals surface area contributed by atoms with E-state index >= 15 is 0 Å². The number of aliphatic hydroxyl groups excluding tert-OH is 2. The molecule has 0 rings (SSSR count). The summed E-state index contributed by atoms with van der Waals surface area (Å²) in [5.74, 6) is -0.531. The fraction of sp³-hybridized carbons (Fsp3) is 0.792. The number of nitrogens with one attached hydrogen (secondary N) is 1. The summed E-state index contributed by atoms with van der Waals surface area (Å²) in [6, 6.07) is -0.711. The van der Waals surface area contributed by atoms with Gasteiger partial charge in [-0.15, -0.1) is 0 Å². The van der Waals surface area contributed by atoms with E-state index < -0.39 is 18.2 Å². The number of esters is 1. The van der Waals surface area contributed by atoms with Gasteiger partial charge in [0.05, 0.1) is 25.2 Å². The predicted octanol–water partition coefficient (Wildman–Crippen LogP) is 13.1. The molecule has 0 aromatic rings. The van der Waals surface area contributed by atoms with E-state index in [1.807, 2.05) is 0 Å². The Bertz CT molecular complexity index is 941. The van der Waals surface area contributed by atoms with E-state index in [1.165, 1.54) is 83.5 Å². The molecular weight excluding hydrogens is 671 g/mol. The van der Waals surface area contributed by atoms with Crippen LogP contribution in [-0.4, -0.2) is 46.9 Å². The molecule has 3 atom stereocenters. The molecule has 0 aromatic carbocycles. The van der Waals surface area contributed by atoms with E-state index in [-0.39, 0.29) is 24.9 Å². The van der Waals surface area contributed by atoms with Gasteiger partial charge >= 0.3 is 5.97 Å². The molecule has 0 aliphatic heterocycles. The van der Waals surface area contributed by atoms with E-state index in [9.17, 15) is 19.8 Å². The monoisotopic (exact) mass is 758 g/mol. The van der Waals surface area contributed by atoms with Crippen LogP contribution in [0, 0.1) is 0 Å². The van der Waals surface area contributed by atoms with Crippen LogP contribution in [0.5, 0.6) is 0 Å². The summed E-state index contributed by atoms with van der Waals surface area (Å²) in [6.07, 6.45) is 48.9. The van der Waals surface area contributed by atoms with Gasteiger partial charge in [0.1, 0.15) is 6.10 Å². The van der Waals surface area contributed by atoms with Crippen LogP contribution in [-0.2, 0) is 14.3 Å². The lowest BCUT2D eigenvalue weighted by Crippen LogP contribution is -2.46. The second-order valence-corrected chi connectivity index (χ2v) is 15.4. The SMILES string of the molecule is CC/C=C/C/C=C/C/C=C/CCCCCCC(=O)OC(CCC/C=C\CCCCCCCC)CC(=O)NC(CO)C(O)CCCCCCCCCCCC. The van der Waals surface area contributed by atoms with Crippen LogP contribution in [0.2, 0.25) is 0 Å². The van der Waals surface area contributed by atoms with E-state index in [0.29, 0.717) is 19.3 Å². The lowest BCUT2D eigenvalue weighted by atomic mass is 10.0. The van der Waals surface area contributed by atoms with Gasteiger partial charge in [-0.3, -0.25) is 9.59 Å². The minimum Gasteiger partial charge on any atom is -0.462 e. The Morgan fingerprint density at radius 2 is 1.02 bits per heavy atom. The molecule has 0 radical (unpaired) electrons. The van der Waals surface area contributed by atoms with E-state index in [2.05, 4.69) is 74.7 Å². The fourth-order valence-corrected chi connectivity index (χ4v) is 6.68. The van der Waals surface area contributed by atoms with Crippen LogP contribution in [0.15, 0.2) is 48.6 Å². The Labute approximate surface area is 334 Å². The molecule has 3 N–H and O–H groups in total. The third-order valence-electron chi connectivity index (χ3n) is 10.1. The molecule has 0 aliphatic rings. The number of hydrogen-bond acceptors (Lipinski definition) is 5. The van der Waals surface area contributed by atoms with Crippen LogP contribution in [0.3, 0.4) is 0 Å². The van der Waals surface area contributed by atoms with Gasteiger partial charge in [0.15, 0.2) is 0 Å². The molecule has 54 heavy (non-hydrogen) atoms. The van der Waals surface area contributed by atoms with Crippen LogP contribution >= 0.6 is 0 Å². The summed E-state index contributed by atoms with van der Waals surface area (Å²) in [6.45, 7) is 6.32. The summed E-state index contributed by atoms with van der Waals surface area (Å²) in [4.78, 5) is 25.9. The first kappa shape index (κ1) is 51.8. The minimum absolute atomic E-state index is 0.0473. The number of amides is 1. The van der Waals surface area contributed by atoms with Gasteiger partial charge in [-0.1, -0.05) is 179 Å². The maximum atomic E-state index is 13.1. The van der Waals surface area contributed by atoms with Crippen molar-refractivity contribution in [1.29, 1.82) is 0 Å². The van der Waals surface area contributed by atoms with Crippen molar-refractivity contribution in [2.45, 2.75) is 238 Å². The average molecular weight is 758 g/mol. The first-order chi connectivity index (χ1) is 26.5. The van der Waals surface area contributed by atoms with Gasteiger partial charge in [-0.25, -0.2) is 0 Å². The third-order valence-corrected chi connectivity index (χ3v) is 10.1. The Balaban J connectivity index is 4.65. The number of aliphatic hydroxyl groups is 2. The number of allylic oxidation sites excluding steroid dienone is 8. The number of hydrogen-bond donors (Lipinski definition) is 3. The Kier molecular flexibility index (Phi) is 40.3. The van der Waals surface area contributed by atoms with Gasteiger partial charge in [0.2, 0.25) is 5.91 Å². The quantitative estimate of drug-likeness (QED) is 0.0329. The predicted molar refractivity (Wildman–Crippen MR) is 232 cm³/mol. The molecule has 1 amide bonds. The molecule has 0 saturated heterocycles. The Morgan fingerprint density at radius 3 is 1.57 bits per heavy atom. The lowest BCUT2D eigenvalue weighted by Gasteiger charge is -2.24. The number of unbranched alkanes of at least 4 members (excludes halogenated alkanes) is 20. The standard InChI is InChI=1S/C48H87NO5/c1-4-7-10-13-16-19-22-23-24-26-29-32-35-38-41-48(53)54-44(39-36-33-30-27-25-20-17-14-11-8-5-2)42-47(52)49-45(43-50)46(51)40-37-34-31-28-21-18-15-12-9-6-3/h7,10,16,19,23-24,27,30,44-46,50-51H,4-6,8-9,11-15,17-18,20-22,25-26,28-29,31-43H2,1-3H3,(H,49,52)/b10-7+,19-16+,24-23+,30-27-. The molecule has 0 fully saturated rings. The molecule has 314 valence electrons. The molecule has 0 saturated carbocycles. The molecule has 0 spiro atoms. The zero-order chi connectivity index (χ0) is 39.6. The number of carbonyl (C=O) groups is 2. The summed E-state index contributed by atoms with van der Waals surface area (Å²) in [5, 5.41) is 23.6. The molecule has 0 heterocycles. The zero-order valence-corrected chi connectivity index (χ0v) is 35.6. The summed E-state index contributed by atoms with van der Waals surface area (Å²) in [5.41, 5.74) is 0. The number of ether oxygens (including phenoxy) is 1. The van der Waals surface area contributed by atoms with Gasteiger partial charge < -0.3 is 20.3 Å².